The highest BCUT2D eigenvalue weighted by Gasteiger charge is 2.12. The van der Waals surface area contributed by atoms with Crippen LogP contribution in [0.1, 0.15) is 29.7 Å². The van der Waals surface area contributed by atoms with Crippen molar-refractivity contribution >= 4 is 17.7 Å². The zero-order chi connectivity index (χ0) is 18.4. The van der Waals surface area contributed by atoms with Crippen molar-refractivity contribution in [3.8, 4) is 5.69 Å². The number of thioether (sulfide) groups is 1. The molecule has 0 aliphatic heterocycles. The number of amides is 1. The van der Waals surface area contributed by atoms with Gasteiger partial charge < -0.3 is 5.32 Å². The third kappa shape index (κ3) is 4.76. The van der Waals surface area contributed by atoms with Gasteiger partial charge in [-0.15, -0.1) is 11.8 Å². The molecule has 0 unspecified atom stereocenters. The molecule has 26 heavy (non-hydrogen) atoms. The van der Waals surface area contributed by atoms with Gasteiger partial charge in [-0.2, -0.15) is 5.10 Å². The molecule has 0 fully saturated rings. The van der Waals surface area contributed by atoms with Crippen LogP contribution in [0.2, 0.25) is 0 Å². The van der Waals surface area contributed by atoms with Gasteiger partial charge in [-0.1, -0.05) is 42.5 Å². The molecule has 0 aliphatic carbocycles. The van der Waals surface area contributed by atoms with E-state index in [9.17, 15) is 4.79 Å². The topological polar surface area (TPSA) is 46.9 Å². The lowest BCUT2D eigenvalue weighted by molar-refractivity contribution is -0.119. The summed E-state index contributed by atoms with van der Waals surface area (Å²) in [5.74, 6) is 1.34. The number of benzene rings is 2. The van der Waals surface area contributed by atoms with Crippen LogP contribution in [0.4, 0.5) is 0 Å². The van der Waals surface area contributed by atoms with Crippen molar-refractivity contribution in [1.82, 2.24) is 15.1 Å². The fraction of sp³-hybridized carbons (Fsp3) is 0.238. The van der Waals surface area contributed by atoms with Crippen LogP contribution in [0.15, 0.2) is 67.0 Å². The molecule has 1 amide bonds. The minimum atomic E-state index is -0.0703. The third-order valence-corrected chi connectivity index (χ3v) is 5.23. The average Bonchev–Trinajstić information content (AvgIpc) is 3.14. The molecule has 0 aliphatic rings. The van der Waals surface area contributed by atoms with Crippen molar-refractivity contribution in [2.75, 3.05) is 5.75 Å². The molecule has 3 aromatic rings. The summed E-state index contributed by atoms with van der Waals surface area (Å²) in [7, 11) is 0. The van der Waals surface area contributed by atoms with E-state index in [2.05, 4.69) is 29.5 Å². The Morgan fingerprint density at radius 1 is 1.15 bits per heavy atom. The van der Waals surface area contributed by atoms with Gasteiger partial charge in [-0.3, -0.25) is 4.79 Å². The molecule has 0 spiro atoms. The summed E-state index contributed by atoms with van der Waals surface area (Å²) in [4.78, 5) is 12.2. The number of hydrogen-bond donors (Lipinski definition) is 1. The fourth-order valence-corrected chi connectivity index (χ4v) is 3.59. The lowest BCUT2D eigenvalue weighted by Gasteiger charge is -2.12. The van der Waals surface area contributed by atoms with Gasteiger partial charge in [-0.25, -0.2) is 4.68 Å². The van der Waals surface area contributed by atoms with Gasteiger partial charge in [0.15, 0.2) is 0 Å². The smallest absolute Gasteiger partial charge is 0.230 e. The molecule has 2 aromatic carbocycles. The van der Waals surface area contributed by atoms with Crippen molar-refractivity contribution in [1.29, 1.82) is 0 Å². The van der Waals surface area contributed by atoms with Crippen molar-refractivity contribution < 1.29 is 4.79 Å². The van der Waals surface area contributed by atoms with E-state index in [1.165, 1.54) is 11.1 Å². The number of nitrogens with one attached hydrogen (secondary N) is 1. The van der Waals surface area contributed by atoms with Crippen molar-refractivity contribution in [3.63, 3.8) is 0 Å². The number of carbonyl (C=O) groups excluding carboxylic acids is 1. The Kier molecular flexibility index (Phi) is 6.12. The molecule has 1 N–H and O–H groups in total. The van der Waals surface area contributed by atoms with Crippen LogP contribution in [-0.4, -0.2) is 21.4 Å². The summed E-state index contributed by atoms with van der Waals surface area (Å²) < 4.78 is 1.82. The van der Waals surface area contributed by atoms with E-state index in [0.717, 1.165) is 17.0 Å². The highest BCUT2D eigenvalue weighted by molar-refractivity contribution is 7.99. The zero-order valence-corrected chi connectivity index (χ0v) is 15.9. The molecular formula is C21H23N3OS. The Morgan fingerprint density at radius 3 is 2.65 bits per heavy atom. The SMILES string of the molecule is Cc1ccccc1CSCC(=O)N[C@H](C)c1cnn(-c2ccccc2)c1. The molecule has 1 atom stereocenters. The quantitative estimate of drug-likeness (QED) is 0.679. The Balaban J connectivity index is 1.50. The second kappa shape index (κ2) is 8.72. The van der Waals surface area contributed by atoms with Crippen molar-refractivity contribution in [2.24, 2.45) is 0 Å². The van der Waals surface area contributed by atoms with Gasteiger partial charge in [0, 0.05) is 17.5 Å². The highest BCUT2D eigenvalue weighted by Crippen LogP contribution is 2.17. The van der Waals surface area contributed by atoms with E-state index in [1.54, 1.807) is 18.0 Å². The Labute approximate surface area is 158 Å². The number of nitrogens with zero attached hydrogens (tertiary/aromatic N) is 2. The van der Waals surface area contributed by atoms with Crippen LogP contribution >= 0.6 is 11.8 Å². The maximum Gasteiger partial charge on any atom is 0.230 e. The predicted molar refractivity (Wildman–Crippen MR) is 107 cm³/mol. The van der Waals surface area contributed by atoms with E-state index in [0.29, 0.717) is 5.75 Å². The molecule has 1 aromatic heterocycles. The van der Waals surface area contributed by atoms with Crippen molar-refractivity contribution in [3.05, 3.63) is 83.7 Å². The van der Waals surface area contributed by atoms with Crippen molar-refractivity contribution in [2.45, 2.75) is 25.6 Å². The molecule has 0 saturated heterocycles. The van der Waals surface area contributed by atoms with Crippen LogP contribution < -0.4 is 5.32 Å². The molecule has 134 valence electrons. The van der Waals surface area contributed by atoms with Gasteiger partial charge >= 0.3 is 0 Å². The van der Waals surface area contributed by atoms with Gasteiger partial charge in [0.05, 0.1) is 23.7 Å². The van der Waals surface area contributed by atoms with Gasteiger partial charge in [0.1, 0.15) is 0 Å². The summed E-state index contributed by atoms with van der Waals surface area (Å²) in [5, 5.41) is 7.44. The van der Waals surface area contributed by atoms with Crippen LogP contribution in [0, 0.1) is 6.92 Å². The number of carbonyl (C=O) groups is 1. The maximum atomic E-state index is 12.2. The summed E-state index contributed by atoms with van der Waals surface area (Å²) in [6.45, 7) is 4.08. The minimum absolute atomic E-state index is 0.0449. The number of para-hydroxylation sites is 1. The van der Waals surface area contributed by atoms with Crippen LogP contribution in [0.25, 0.3) is 5.69 Å². The molecule has 1 heterocycles. The monoisotopic (exact) mass is 365 g/mol. The Bertz CT molecular complexity index is 860. The van der Waals surface area contributed by atoms with Crippen LogP contribution in [-0.2, 0) is 10.5 Å². The lowest BCUT2D eigenvalue weighted by atomic mass is 10.1. The van der Waals surface area contributed by atoms with Gasteiger partial charge in [0.25, 0.3) is 0 Å². The van der Waals surface area contributed by atoms with E-state index < -0.39 is 0 Å². The molecule has 0 bridgehead atoms. The summed E-state index contributed by atoms with van der Waals surface area (Å²) in [6, 6.07) is 18.2. The molecule has 4 nitrogen and oxygen atoms in total. The first-order chi connectivity index (χ1) is 12.6. The highest BCUT2D eigenvalue weighted by atomic mass is 32.2. The van der Waals surface area contributed by atoms with E-state index in [4.69, 9.17) is 0 Å². The summed E-state index contributed by atoms with van der Waals surface area (Å²) in [6.07, 6.45) is 3.76. The zero-order valence-electron chi connectivity index (χ0n) is 15.1. The van der Waals surface area contributed by atoms with Gasteiger partial charge in [-0.05, 0) is 37.1 Å². The first-order valence-corrected chi connectivity index (χ1v) is 9.80. The standard InChI is InChI=1S/C21H23N3OS/c1-16-8-6-7-9-18(16)14-26-15-21(25)23-17(2)19-12-22-24(13-19)20-10-4-3-5-11-20/h3-13,17H,14-15H2,1-2H3,(H,23,25)/t17-/m1/s1. The number of aromatic nitrogens is 2. The normalized spacial score (nSPS) is 11.9. The molecule has 0 saturated carbocycles. The number of aryl methyl sites for hydroxylation is 1. The lowest BCUT2D eigenvalue weighted by Crippen LogP contribution is -2.28. The molecule has 0 radical (unpaired) electrons. The maximum absolute atomic E-state index is 12.2. The second-order valence-electron chi connectivity index (χ2n) is 6.26. The van der Waals surface area contributed by atoms with Crippen LogP contribution in [0.5, 0.6) is 0 Å². The number of hydrogen-bond acceptors (Lipinski definition) is 3. The minimum Gasteiger partial charge on any atom is -0.349 e. The van der Waals surface area contributed by atoms with E-state index in [1.807, 2.05) is 60.3 Å². The first kappa shape index (κ1) is 18.3. The summed E-state index contributed by atoms with van der Waals surface area (Å²) in [5.41, 5.74) is 4.54. The first-order valence-electron chi connectivity index (χ1n) is 8.65. The van der Waals surface area contributed by atoms with Crippen LogP contribution in [0.3, 0.4) is 0 Å². The molecule has 5 heteroatoms. The summed E-state index contributed by atoms with van der Waals surface area (Å²) >= 11 is 1.64. The largest absolute Gasteiger partial charge is 0.349 e. The average molecular weight is 366 g/mol. The van der Waals surface area contributed by atoms with E-state index in [-0.39, 0.29) is 11.9 Å². The fourth-order valence-electron chi connectivity index (χ4n) is 2.67. The molecule has 3 rings (SSSR count). The molecular weight excluding hydrogens is 342 g/mol. The van der Waals surface area contributed by atoms with Gasteiger partial charge in [0.2, 0.25) is 5.91 Å². The third-order valence-electron chi connectivity index (χ3n) is 4.25. The second-order valence-corrected chi connectivity index (χ2v) is 7.25. The predicted octanol–water partition coefficient (Wildman–Crippen LogP) is 4.29. The Hall–Kier alpha value is -2.53. The Morgan fingerprint density at radius 2 is 1.88 bits per heavy atom. The van der Waals surface area contributed by atoms with E-state index >= 15 is 0 Å². The number of rotatable bonds is 7.